The molecule has 1 aromatic heterocycles. The highest BCUT2D eigenvalue weighted by Gasteiger charge is 2.30. The van der Waals surface area contributed by atoms with Gasteiger partial charge in [0.2, 0.25) is 0 Å². The number of hydrogen-bond donors (Lipinski definition) is 2. The number of halogens is 4. The Kier molecular flexibility index (Phi) is 6.21. The molecule has 26 heavy (non-hydrogen) atoms. The number of thiocarbonyl (C=S) groups is 1. The Hall–Kier alpha value is -1.36. The molecule has 0 radical (unpaired) electrons. The van der Waals surface area contributed by atoms with E-state index in [4.69, 9.17) is 23.8 Å². The predicted octanol–water partition coefficient (Wildman–Crippen LogP) is 5.41. The van der Waals surface area contributed by atoms with Gasteiger partial charge in [0.25, 0.3) is 0 Å². The molecular weight excluding hydrogens is 429 g/mol. The maximum Gasteiger partial charge on any atom is 0.416 e. The van der Waals surface area contributed by atoms with Crippen LogP contribution < -0.4 is 10.6 Å². The first-order chi connectivity index (χ1) is 11.9. The molecule has 0 spiro atoms. The third kappa shape index (κ3) is 4.67. The molecule has 0 amide bonds. The van der Waals surface area contributed by atoms with Gasteiger partial charge in [0.15, 0.2) is 14.9 Å². The molecule has 2 aromatic rings. The van der Waals surface area contributed by atoms with Crippen LogP contribution in [0.2, 0.25) is 5.02 Å². The topological polar surface area (TPSA) is 58.2 Å². The van der Waals surface area contributed by atoms with Crippen molar-refractivity contribution in [1.82, 2.24) is 0 Å². The van der Waals surface area contributed by atoms with Crippen molar-refractivity contribution in [3.63, 3.8) is 0 Å². The van der Waals surface area contributed by atoms with Gasteiger partial charge in [-0.05, 0) is 50.3 Å². The van der Waals surface area contributed by atoms with Crippen molar-refractivity contribution in [2.45, 2.75) is 30.2 Å². The van der Waals surface area contributed by atoms with Crippen molar-refractivity contribution in [3.05, 3.63) is 40.2 Å². The molecule has 1 heterocycles. The Morgan fingerprint density at radius 1 is 1.19 bits per heavy atom. The van der Waals surface area contributed by atoms with Crippen molar-refractivity contribution in [3.8, 4) is 0 Å². The van der Waals surface area contributed by atoms with Crippen LogP contribution >= 0.6 is 35.2 Å². The highest BCUT2D eigenvalue weighted by molar-refractivity contribution is 7.92. The zero-order valence-corrected chi connectivity index (χ0v) is 16.7. The van der Waals surface area contributed by atoms with E-state index in [0.29, 0.717) is 10.7 Å². The monoisotopic (exact) mass is 442 g/mol. The number of hydrogen-bond acceptors (Lipinski definition) is 4. The first kappa shape index (κ1) is 20.9. The molecule has 4 nitrogen and oxygen atoms in total. The molecule has 0 saturated heterocycles. The van der Waals surface area contributed by atoms with Crippen LogP contribution in [0.5, 0.6) is 0 Å². The van der Waals surface area contributed by atoms with Crippen molar-refractivity contribution in [1.29, 1.82) is 0 Å². The second-order valence-corrected chi connectivity index (χ2v) is 9.63. The Morgan fingerprint density at radius 2 is 1.77 bits per heavy atom. The van der Waals surface area contributed by atoms with E-state index in [9.17, 15) is 21.6 Å². The molecule has 0 atom stereocenters. The van der Waals surface area contributed by atoms with Gasteiger partial charge in [0, 0.05) is 11.1 Å². The largest absolute Gasteiger partial charge is 0.416 e. The first-order valence-electron chi connectivity index (χ1n) is 7.19. The van der Waals surface area contributed by atoms with E-state index in [0.717, 1.165) is 23.5 Å². The lowest BCUT2D eigenvalue weighted by atomic mass is 10.2. The number of alkyl halides is 3. The minimum atomic E-state index is -4.42. The van der Waals surface area contributed by atoms with Crippen LogP contribution in [0.3, 0.4) is 0 Å². The predicted molar refractivity (Wildman–Crippen MR) is 103 cm³/mol. The second-order valence-electron chi connectivity index (χ2n) is 5.49. The molecule has 0 aliphatic heterocycles. The summed E-state index contributed by atoms with van der Waals surface area (Å²) in [6.45, 7) is 3.10. The van der Waals surface area contributed by atoms with Crippen LogP contribution in [0.4, 0.5) is 23.9 Å². The summed E-state index contributed by atoms with van der Waals surface area (Å²) in [7, 11) is -3.53. The molecule has 0 aliphatic carbocycles. The van der Waals surface area contributed by atoms with Gasteiger partial charge in [-0.3, -0.25) is 0 Å². The maximum atomic E-state index is 12.5. The zero-order valence-electron chi connectivity index (χ0n) is 13.5. The van der Waals surface area contributed by atoms with Crippen molar-refractivity contribution >= 4 is 60.8 Å². The third-order valence-corrected chi connectivity index (χ3v) is 7.37. The summed E-state index contributed by atoms with van der Waals surface area (Å²) in [6.07, 6.45) is -4.42. The number of sulfone groups is 1. The van der Waals surface area contributed by atoms with E-state index in [1.807, 2.05) is 0 Å². The summed E-state index contributed by atoms with van der Waals surface area (Å²) in [5, 5.41) is 6.69. The van der Waals surface area contributed by atoms with Crippen LogP contribution in [0, 0.1) is 0 Å². The fraction of sp³-hybridized carbons (Fsp3) is 0.267. The number of benzene rings is 1. The van der Waals surface area contributed by atoms with E-state index >= 15 is 0 Å². The molecule has 0 unspecified atom stereocenters. The van der Waals surface area contributed by atoms with Crippen molar-refractivity contribution < 1.29 is 21.6 Å². The minimum absolute atomic E-state index is 0.0130. The highest BCUT2D eigenvalue weighted by Crippen LogP contribution is 2.37. The van der Waals surface area contributed by atoms with Crippen LogP contribution in [-0.2, 0) is 16.0 Å². The number of thiophene rings is 1. The van der Waals surface area contributed by atoms with Crippen LogP contribution in [0.15, 0.2) is 34.5 Å². The van der Waals surface area contributed by atoms with Crippen molar-refractivity contribution in [2.75, 3.05) is 10.6 Å². The van der Waals surface area contributed by atoms with Crippen LogP contribution in [0.1, 0.15) is 19.4 Å². The van der Waals surface area contributed by atoms with E-state index in [2.05, 4.69) is 10.6 Å². The van der Waals surface area contributed by atoms with Gasteiger partial charge in [-0.1, -0.05) is 11.6 Å². The average molecular weight is 443 g/mol. The van der Waals surface area contributed by atoms with Gasteiger partial charge in [0.1, 0.15) is 5.00 Å². The minimum Gasteiger partial charge on any atom is -0.332 e. The molecule has 1 aromatic carbocycles. The normalized spacial score (nSPS) is 12.3. The highest BCUT2D eigenvalue weighted by atomic mass is 35.5. The lowest BCUT2D eigenvalue weighted by Gasteiger charge is -2.11. The summed E-state index contributed by atoms with van der Waals surface area (Å²) >= 11 is 12.3. The van der Waals surface area contributed by atoms with E-state index in [1.165, 1.54) is 17.5 Å². The maximum absolute atomic E-state index is 12.5. The van der Waals surface area contributed by atoms with Gasteiger partial charge in [-0.25, -0.2) is 8.42 Å². The lowest BCUT2D eigenvalue weighted by molar-refractivity contribution is -0.137. The lowest BCUT2D eigenvalue weighted by Crippen LogP contribution is -2.19. The molecule has 0 bridgehead atoms. The number of nitrogens with one attached hydrogen (secondary N) is 2. The van der Waals surface area contributed by atoms with Crippen LogP contribution in [-0.4, -0.2) is 18.8 Å². The molecular formula is C15H14ClF3N2O2S3. The molecule has 2 N–H and O–H groups in total. The SMILES string of the molecule is CC(C)S(=O)(=O)c1csc(NC(=S)Nc2ccc(C(F)(F)F)cc2)c1Cl. The van der Waals surface area contributed by atoms with E-state index in [1.54, 1.807) is 13.8 Å². The van der Waals surface area contributed by atoms with Gasteiger partial charge in [0.05, 0.1) is 20.7 Å². The molecule has 142 valence electrons. The average Bonchev–Trinajstić information content (AvgIpc) is 2.88. The zero-order chi connectivity index (χ0) is 19.7. The van der Waals surface area contributed by atoms with Crippen LogP contribution in [0.25, 0.3) is 0 Å². The molecule has 0 saturated carbocycles. The Balaban J connectivity index is 2.11. The molecule has 0 fully saturated rings. The summed E-state index contributed by atoms with van der Waals surface area (Å²) in [5.41, 5.74) is -0.426. The Labute approximate surface area is 163 Å². The Bertz CT molecular complexity index is 907. The van der Waals surface area contributed by atoms with Gasteiger partial charge < -0.3 is 10.6 Å². The van der Waals surface area contributed by atoms with Gasteiger partial charge in [-0.2, -0.15) is 13.2 Å². The standard InChI is InChI=1S/C15H14ClF3N2O2S3/c1-8(2)26(22,23)11-7-25-13(12(11)16)21-14(24)20-10-5-3-9(4-6-10)15(17,18)19/h3-8H,1-2H3,(H2,20,21,24). The van der Waals surface area contributed by atoms with Crippen molar-refractivity contribution in [2.24, 2.45) is 0 Å². The molecule has 0 aliphatic rings. The number of anilines is 2. The van der Waals surface area contributed by atoms with E-state index in [-0.39, 0.29) is 15.0 Å². The quantitative estimate of drug-likeness (QED) is 0.620. The molecule has 11 heteroatoms. The van der Waals surface area contributed by atoms with Gasteiger partial charge in [-0.15, -0.1) is 11.3 Å². The summed E-state index contributed by atoms with van der Waals surface area (Å²) in [6, 6.07) is 4.33. The Morgan fingerprint density at radius 3 is 2.27 bits per heavy atom. The fourth-order valence-electron chi connectivity index (χ4n) is 1.87. The second kappa shape index (κ2) is 7.71. The smallest absolute Gasteiger partial charge is 0.332 e. The summed E-state index contributed by atoms with van der Waals surface area (Å²) in [5.74, 6) is 0. The fourth-order valence-corrected chi connectivity index (χ4v) is 5.10. The third-order valence-electron chi connectivity index (χ3n) is 3.32. The summed E-state index contributed by atoms with van der Waals surface area (Å²) < 4.78 is 62.1. The number of rotatable bonds is 4. The molecule has 2 rings (SSSR count). The first-order valence-corrected chi connectivity index (χ1v) is 10.4. The summed E-state index contributed by atoms with van der Waals surface area (Å²) in [4.78, 5) is 0.0130. The van der Waals surface area contributed by atoms with E-state index < -0.39 is 26.8 Å². The van der Waals surface area contributed by atoms with Gasteiger partial charge >= 0.3 is 6.18 Å².